The molecule has 2 fully saturated rings. The number of nitrogens with zero attached hydrogens (tertiary/aromatic N) is 1. The largest absolute Gasteiger partial charge is 0.384 e. The van der Waals surface area contributed by atoms with Crippen LogP contribution < -0.4 is 0 Å². The summed E-state index contributed by atoms with van der Waals surface area (Å²) in [6, 6.07) is 9.18. The summed E-state index contributed by atoms with van der Waals surface area (Å²) < 4.78 is 0. The molecular weight excluding hydrogens is 222 g/mol. The second kappa shape index (κ2) is 4.36. The summed E-state index contributed by atoms with van der Waals surface area (Å²) in [5.41, 5.74) is 1.89. The number of hydrogen-bond donors (Lipinski definition) is 1. The molecule has 1 aliphatic carbocycles. The molecule has 0 aromatic heterocycles. The molecule has 2 heteroatoms. The molecule has 0 spiro atoms. The third kappa shape index (κ3) is 1.98. The molecule has 1 heterocycles. The van der Waals surface area contributed by atoms with Gasteiger partial charge < -0.3 is 10.0 Å². The Morgan fingerprint density at radius 3 is 2.33 bits per heavy atom. The molecule has 2 atom stereocenters. The molecule has 1 N–H and O–H groups in total. The zero-order chi connectivity index (χ0) is 12.8. The average Bonchev–Trinajstić information content (AvgIpc) is 2.52. The van der Waals surface area contributed by atoms with E-state index in [9.17, 15) is 5.11 Å². The van der Waals surface area contributed by atoms with Crippen LogP contribution in [0.2, 0.25) is 0 Å². The molecule has 1 saturated carbocycles. The van der Waals surface area contributed by atoms with Gasteiger partial charge in [0.05, 0.1) is 0 Å². The SMILES string of the molecule is CC1CC(O)(c2ccc(C3CCC3)cc2)CN1C. The third-order valence-corrected chi connectivity index (χ3v) is 4.92. The van der Waals surface area contributed by atoms with Gasteiger partial charge >= 0.3 is 0 Å². The number of aliphatic hydroxyl groups is 1. The van der Waals surface area contributed by atoms with Crippen molar-refractivity contribution in [3.63, 3.8) is 0 Å². The Labute approximate surface area is 110 Å². The number of likely N-dealkylation sites (tertiary alicyclic amines) is 1. The molecule has 1 saturated heterocycles. The summed E-state index contributed by atoms with van der Waals surface area (Å²) in [6.07, 6.45) is 4.89. The first kappa shape index (κ1) is 12.2. The molecule has 0 radical (unpaired) electrons. The van der Waals surface area contributed by atoms with Gasteiger partial charge in [0.15, 0.2) is 0 Å². The van der Waals surface area contributed by atoms with Crippen molar-refractivity contribution in [2.75, 3.05) is 13.6 Å². The van der Waals surface area contributed by atoms with E-state index >= 15 is 0 Å². The van der Waals surface area contributed by atoms with E-state index in [0.29, 0.717) is 6.04 Å². The Morgan fingerprint density at radius 2 is 1.89 bits per heavy atom. The first-order valence-electron chi connectivity index (χ1n) is 7.11. The highest BCUT2D eigenvalue weighted by molar-refractivity contribution is 5.31. The van der Waals surface area contributed by atoms with E-state index in [0.717, 1.165) is 24.4 Å². The van der Waals surface area contributed by atoms with Gasteiger partial charge in [-0.15, -0.1) is 0 Å². The molecule has 2 unspecified atom stereocenters. The van der Waals surface area contributed by atoms with Crippen LogP contribution in [0.25, 0.3) is 0 Å². The highest BCUT2D eigenvalue weighted by atomic mass is 16.3. The van der Waals surface area contributed by atoms with Crippen molar-refractivity contribution in [3.05, 3.63) is 35.4 Å². The molecule has 1 aromatic rings. The lowest BCUT2D eigenvalue weighted by Crippen LogP contribution is -2.29. The number of benzene rings is 1. The van der Waals surface area contributed by atoms with Gasteiger partial charge in [0.1, 0.15) is 5.60 Å². The van der Waals surface area contributed by atoms with Crippen LogP contribution in [0.5, 0.6) is 0 Å². The van der Waals surface area contributed by atoms with E-state index in [1.165, 1.54) is 24.8 Å². The number of likely N-dealkylation sites (N-methyl/N-ethyl adjacent to an activating group) is 1. The maximum Gasteiger partial charge on any atom is 0.104 e. The zero-order valence-corrected chi connectivity index (χ0v) is 11.4. The maximum atomic E-state index is 10.8. The molecule has 0 amide bonds. The van der Waals surface area contributed by atoms with E-state index in [1.807, 2.05) is 0 Å². The van der Waals surface area contributed by atoms with Crippen LogP contribution in [0, 0.1) is 0 Å². The summed E-state index contributed by atoms with van der Waals surface area (Å²) in [5, 5.41) is 10.8. The van der Waals surface area contributed by atoms with Gasteiger partial charge in [0.25, 0.3) is 0 Å². The first-order valence-corrected chi connectivity index (χ1v) is 7.11. The van der Waals surface area contributed by atoms with Gasteiger partial charge in [-0.2, -0.15) is 0 Å². The van der Waals surface area contributed by atoms with Gasteiger partial charge in [0.2, 0.25) is 0 Å². The summed E-state index contributed by atoms with van der Waals surface area (Å²) in [5.74, 6) is 0.777. The van der Waals surface area contributed by atoms with E-state index in [2.05, 4.69) is 43.1 Å². The standard InChI is InChI=1S/C16H23NO/c1-12-10-16(18,11-17(12)2)15-8-6-14(7-9-15)13-4-3-5-13/h6-9,12-13,18H,3-5,10-11H2,1-2H3. The lowest BCUT2D eigenvalue weighted by Gasteiger charge is -2.27. The predicted octanol–water partition coefficient (Wildman–Crippen LogP) is 2.87. The minimum absolute atomic E-state index is 0.460. The predicted molar refractivity (Wildman–Crippen MR) is 73.6 cm³/mol. The number of rotatable bonds is 2. The van der Waals surface area contributed by atoms with Crippen LogP contribution in [0.1, 0.15) is 49.7 Å². The first-order chi connectivity index (χ1) is 8.58. The smallest absolute Gasteiger partial charge is 0.104 e. The fourth-order valence-electron chi connectivity index (χ4n) is 3.29. The van der Waals surface area contributed by atoms with Gasteiger partial charge in [-0.05, 0) is 50.3 Å². The minimum atomic E-state index is -0.647. The third-order valence-electron chi connectivity index (χ3n) is 4.92. The minimum Gasteiger partial charge on any atom is -0.384 e. The van der Waals surface area contributed by atoms with Crippen LogP contribution >= 0.6 is 0 Å². The van der Waals surface area contributed by atoms with E-state index in [4.69, 9.17) is 0 Å². The molecule has 0 bridgehead atoms. The van der Waals surface area contributed by atoms with Crippen molar-refractivity contribution in [1.29, 1.82) is 0 Å². The normalized spacial score (nSPS) is 33.6. The monoisotopic (exact) mass is 245 g/mol. The van der Waals surface area contributed by atoms with Crippen molar-refractivity contribution in [3.8, 4) is 0 Å². The lowest BCUT2D eigenvalue weighted by molar-refractivity contribution is 0.0485. The lowest BCUT2D eigenvalue weighted by atomic mass is 9.79. The molecule has 1 aromatic carbocycles. The fraction of sp³-hybridized carbons (Fsp3) is 0.625. The number of β-amino-alcohol motifs (C(OH)–C–C–N with tert-alkyl or cyclic N) is 1. The topological polar surface area (TPSA) is 23.5 Å². The summed E-state index contributed by atoms with van der Waals surface area (Å²) in [4.78, 5) is 2.24. The molecule has 1 aliphatic heterocycles. The van der Waals surface area contributed by atoms with Crippen LogP contribution in [-0.2, 0) is 5.60 Å². The Hall–Kier alpha value is -0.860. The van der Waals surface area contributed by atoms with Gasteiger partial charge in [-0.1, -0.05) is 30.7 Å². The summed E-state index contributed by atoms with van der Waals surface area (Å²) >= 11 is 0. The quantitative estimate of drug-likeness (QED) is 0.866. The molecular formula is C16H23NO. The highest BCUT2D eigenvalue weighted by Gasteiger charge is 2.40. The maximum absolute atomic E-state index is 10.8. The van der Waals surface area contributed by atoms with Crippen LogP contribution in [0.4, 0.5) is 0 Å². The Balaban J connectivity index is 1.80. The van der Waals surface area contributed by atoms with Crippen LogP contribution in [0.3, 0.4) is 0 Å². The average molecular weight is 245 g/mol. The van der Waals surface area contributed by atoms with Crippen molar-refractivity contribution < 1.29 is 5.11 Å². The molecule has 18 heavy (non-hydrogen) atoms. The Kier molecular flexibility index (Phi) is 2.95. The van der Waals surface area contributed by atoms with Crippen molar-refractivity contribution in [2.24, 2.45) is 0 Å². The summed E-state index contributed by atoms with van der Waals surface area (Å²) in [6.45, 7) is 2.93. The number of hydrogen-bond acceptors (Lipinski definition) is 2. The zero-order valence-electron chi connectivity index (χ0n) is 11.4. The molecule has 2 nitrogen and oxygen atoms in total. The van der Waals surface area contributed by atoms with Gasteiger partial charge in [-0.25, -0.2) is 0 Å². The van der Waals surface area contributed by atoms with E-state index in [1.54, 1.807) is 0 Å². The van der Waals surface area contributed by atoms with Crippen LogP contribution in [0.15, 0.2) is 24.3 Å². The Bertz CT molecular complexity index is 411. The second-order valence-electron chi connectivity index (χ2n) is 6.25. The summed E-state index contributed by atoms with van der Waals surface area (Å²) in [7, 11) is 2.09. The fourth-order valence-corrected chi connectivity index (χ4v) is 3.29. The Morgan fingerprint density at radius 1 is 1.22 bits per heavy atom. The van der Waals surface area contributed by atoms with Crippen LogP contribution in [-0.4, -0.2) is 29.6 Å². The molecule has 98 valence electrons. The highest BCUT2D eigenvalue weighted by Crippen LogP contribution is 2.39. The van der Waals surface area contributed by atoms with E-state index in [-0.39, 0.29) is 0 Å². The van der Waals surface area contributed by atoms with Gasteiger partial charge in [0, 0.05) is 12.6 Å². The second-order valence-corrected chi connectivity index (χ2v) is 6.25. The molecule has 2 aliphatic rings. The van der Waals surface area contributed by atoms with E-state index < -0.39 is 5.60 Å². The van der Waals surface area contributed by atoms with Crippen molar-refractivity contribution >= 4 is 0 Å². The van der Waals surface area contributed by atoms with Crippen molar-refractivity contribution in [2.45, 2.75) is 50.2 Å². The van der Waals surface area contributed by atoms with Crippen molar-refractivity contribution in [1.82, 2.24) is 4.90 Å². The molecule has 3 rings (SSSR count). The van der Waals surface area contributed by atoms with Gasteiger partial charge in [-0.3, -0.25) is 0 Å².